The molecule has 0 saturated heterocycles. The van der Waals surface area contributed by atoms with Gasteiger partial charge >= 0.3 is 0 Å². The van der Waals surface area contributed by atoms with Crippen molar-refractivity contribution in [2.24, 2.45) is 0 Å². The summed E-state index contributed by atoms with van der Waals surface area (Å²) < 4.78 is 32.4. The third-order valence-corrected chi connectivity index (χ3v) is 3.69. The van der Waals surface area contributed by atoms with Gasteiger partial charge < -0.3 is 10.1 Å². The Labute approximate surface area is 155 Å². The zero-order chi connectivity index (χ0) is 19.2. The number of halogens is 2. The molecule has 140 valence electrons. The van der Waals surface area contributed by atoms with Crippen molar-refractivity contribution in [3.05, 3.63) is 59.7 Å². The molecular weight excluding hydrogens is 352 g/mol. The molecule has 27 heavy (non-hydrogen) atoms. The molecule has 2 aromatic heterocycles. The lowest BCUT2D eigenvalue weighted by Gasteiger charge is -2.11. The number of benzene rings is 1. The fourth-order valence-electron chi connectivity index (χ4n) is 2.48. The van der Waals surface area contributed by atoms with Crippen LogP contribution in [-0.4, -0.2) is 33.1 Å². The van der Waals surface area contributed by atoms with Crippen LogP contribution in [0.5, 0.6) is 5.88 Å². The molecule has 6 nitrogen and oxygen atoms in total. The number of hydrogen-bond donors (Lipinski definition) is 1. The predicted molar refractivity (Wildman–Crippen MR) is 97.6 cm³/mol. The van der Waals surface area contributed by atoms with Crippen molar-refractivity contribution in [3.63, 3.8) is 0 Å². The maximum Gasteiger partial charge on any atom is 0.240 e. The number of nitrogens with zero attached hydrogens (tertiary/aromatic N) is 4. The van der Waals surface area contributed by atoms with Gasteiger partial charge in [0.15, 0.2) is 11.6 Å². The summed E-state index contributed by atoms with van der Waals surface area (Å²) in [6.45, 7) is 4.90. The van der Waals surface area contributed by atoms with Gasteiger partial charge in [0.25, 0.3) is 0 Å². The highest BCUT2D eigenvalue weighted by molar-refractivity contribution is 5.64. The van der Waals surface area contributed by atoms with Crippen LogP contribution in [-0.2, 0) is 6.42 Å². The molecule has 0 amide bonds. The molecule has 2 heterocycles. The van der Waals surface area contributed by atoms with Crippen LogP contribution < -0.4 is 10.1 Å². The summed E-state index contributed by atoms with van der Waals surface area (Å²) >= 11 is 0. The molecule has 0 fully saturated rings. The molecule has 0 aliphatic carbocycles. The summed E-state index contributed by atoms with van der Waals surface area (Å²) in [5.74, 6) is -1.04. The van der Waals surface area contributed by atoms with E-state index >= 15 is 0 Å². The smallest absolute Gasteiger partial charge is 0.240 e. The van der Waals surface area contributed by atoms with Crippen molar-refractivity contribution in [2.75, 3.05) is 18.5 Å². The van der Waals surface area contributed by atoms with E-state index in [1.807, 2.05) is 13.8 Å². The average molecular weight is 371 g/mol. The molecule has 0 spiro atoms. The van der Waals surface area contributed by atoms with Gasteiger partial charge in [0.05, 0.1) is 18.5 Å². The lowest BCUT2D eigenvalue weighted by molar-refractivity contribution is 0.326. The van der Waals surface area contributed by atoms with Crippen molar-refractivity contribution < 1.29 is 13.5 Å². The van der Waals surface area contributed by atoms with Crippen molar-refractivity contribution >= 4 is 5.95 Å². The van der Waals surface area contributed by atoms with Gasteiger partial charge in [-0.2, -0.15) is 0 Å². The first-order valence-electron chi connectivity index (χ1n) is 8.59. The van der Waals surface area contributed by atoms with Crippen LogP contribution in [0.1, 0.15) is 25.1 Å². The molecule has 0 atom stereocenters. The van der Waals surface area contributed by atoms with E-state index in [-0.39, 0.29) is 5.88 Å². The van der Waals surface area contributed by atoms with Crippen molar-refractivity contribution in [1.82, 2.24) is 19.9 Å². The van der Waals surface area contributed by atoms with Gasteiger partial charge in [-0.15, -0.1) is 0 Å². The minimum absolute atomic E-state index is 0.269. The van der Waals surface area contributed by atoms with E-state index in [1.165, 1.54) is 6.07 Å². The Morgan fingerprint density at radius 3 is 2.44 bits per heavy atom. The Balaban J connectivity index is 1.91. The molecule has 0 aliphatic heterocycles. The minimum atomic E-state index is -0.949. The van der Waals surface area contributed by atoms with Gasteiger partial charge in [0, 0.05) is 30.9 Å². The first-order chi connectivity index (χ1) is 13.1. The second-order valence-corrected chi connectivity index (χ2v) is 5.70. The standard InChI is InChI=1S/C19H19F2N5O/c1-3-22-19-24-9-12(10-25-19)7-14-11-23-18(27-4-2)17(26-14)13-5-6-15(20)16(21)8-13/h5-6,8-11H,3-4,7H2,1-2H3,(H,22,24,25). The SMILES string of the molecule is CCNc1ncc(Cc2cnc(OCC)c(-c3ccc(F)c(F)c3)n2)cn1. The highest BCUT2D eigenvalue weighted by atomic mass is 19.2. The van der Waals surface area contributed by atoms with Gasteiger partial charge in [0.1, 0.15) is 5.69 Å². The monoisotopic (exact) mass is 371 g/mol. The third-order valence-electron chi connectivity index (χ3n) is 3.69. The number of hydrogen-bond acceptors (Lipinski definition) is 6. The van der Waals surface area contributed by atoms with E-state index in [9.17, 15) is 8.78 Å². The Kier molecular flexibility index (Phi) is 5.85. The Bertz CT molecular complexity index is 918. The van der Waals surface area contributed by atoms with Crippen LogP contribution in [0.2, 0.25) is 0 Å². The topological polar surface area (TPSA) is 72.8 Å². The summed E-state index contributed by atoms with van der Waals surface area (Å²) in [5, 5.41) is 3.03. The van der Waals surface area contributed by atoms with E-state index in [4.69, 9.17) is 4.74 Å². The van der Waals surface area contributed by atoms with E-state index in [0.29, 0.717) is 35.9 Å². The maximum absolute atomic E-state index is 13.6. The highest BCUT2D eigenvalue weighted by Crippen LogP contribution is 2.28. The number of rotatable bonds is 7. The summed E-state index contributed by atoms with van der Waals surface area (Å²) in [4.78, 5) is 17.3. The van der Waals surface area contributed by atoms with Gasteiger partial charge in [-0.1, -0.05) is 0 Å². The molecule has 0 bridgehead atoms. The summed E-state index contributed by atoms with van der Waals surface area (Å²) in [7, 11) is 0. The first-order valence-corrected chi connectivity index (χ1v) is 8.59. The second-order valence-electron chi connectivity index (χ2n) is 5.70. The molecule has 0 unspecified atom stereocenters. The normalized spacial score (nSPS) is 10.7. The van der Waals surface area contributed by atoms with Gasteiger partial charge in [-0.25, -0.2) is 28.7 Å². The van der Waals surface area contributed by atoms with Gasteiger partial charge in [0.2, 0.25) is 11.8 Å². The number of aromatic nitrogens is 4. The second kappa shape index (κ2) is 8.48. The van der Waals surface area contributed by atoms with E-state index < -0.39 is 11.6 Å². The van der Waals surface area contributed by atoms with Crippen LogP contribution in [0.4, 0.5) is 14.7 Å². The Morgan fingerprint density at radius 1 is 1.00 bits per heavy atom. The summed E-state index contributed by atoms with van der Waals surface area (Å²) in [6, 6.07) is 3.59. The average Bonchev–Trinajstić information content (AvgIpc) is 2.67. The fraction of sp³-hybridized carbons (Fsp3) is 0.263. The van der Waals surface area contributed by atoms with Gasteiger partial charge in [-0.05, 0) is 37.6 Å². The molecule has 3 rings (SSSR count). The molecule has 0 radical (unpaired) electrons. The lowest BCUT2D eigenvalue weighted by atomic mass is 10.1. The quantitative estimate of drug-likeness (QED) is 0.684. The highest BCUT2D eigenvalue weighted by Gasteiger charge is 2.14. The summed E-state index contributed by atoms with van der Waals surface area (Å²) in [6.07, 6.45) is 5.45. The molecule has 8 heteroatoms. The fourth-order valence-corrected chi connectivity index (χ4v) is 2.48. The van der Waals surface area contributed by atoms with Crippen molar-refractivity contribution in [1.29, 1.82) is 0 Å². The zero-order valence-corrected chi connectivity index (χ0v) is 15.0. The maximum atomic E-state index is 13.6. The molecule has 1 N–H and O–H groups in total. The van der Waals surface area contributed by atoms with Crippen molar-refractivity contribution in [2.45, 2.75) is 20.3 Å². The first kappa shape index (κ1) is 18.6. The van der Waals surface area contributed by atoms with Crippen LogP contribution in [0, 0.1) is 11.6 Å². The van der Waals surface area contributed by atoms with Crippen LogP contribution in [0.3, 0.4) is 0 Å². The molecule has 0 saturated carbocycles. The predicted octanol–water partition coefficient (Wildman–Crippen LogP) is 3.63. The van der Waals surface area contributed by atoms with Crippen LogP contribution >= 0.6 is 0 Å². The van der Waals surface area contributed by atoms with Crippen LogP contribution in [0.25, 0.3) is 11.3 Å². The third kappa shape index (κ3) is 4.52. The number of ether oxygens (including phenoxy) is 1. The number of nitrogens with one attached hydrogen (secondary N) is 1. The van der Waals surface area contributed by atoms with Crippen LogP contribution in [0.15, 0.2) is 36.8 Å². The molecule has 0 aliphatic rings. The minimum Gasteiger partial charge on any atom is -0.476 e. The molecular formula is C19H19F2N5O. The molecule has 1 aromatic carbocycles. The largest absolute Gasteiger partial charge is 0.476 e. The van der Waals surface area contributed by atoms with E-state index in [2.05, 4.69) is 25.3 Å². The van der Waals surface area contributed by atoms with E-state index in [0.717, 1.165) is 24.2 Å². The molecule has 3 aromatic rings. The van der Waals surface area contributed by atoms with E-state index in [1.54, 1.807) is 18.6 Å². The zero-order valence-electron chi connectivity index (χ0n) is 15.0. The Hall–Kier alpha value is -3.16. The van der Waals surface area contributed by atoms with Crippen molar-refractivity contribution in [3.8, 4) is 17.1 Å². The van der Waals surface area contributed by atoms with Gasteiger partial charge in [-0.3, -0.25) is 0 Å². The Morgan fingerprint density at radius 2 is 1.78 bits per heavy atom. The summed E-state index contributed by atoms with van der Waals surface area (Å²) in [5.41, 5.74) is 2.24. The number of anilines is 1. The lowest BCUT2D eigenvalue weighted by Crippen LogP contribution is -2.05.